The fourth-order valence-corrected chi connectivity index (χ4v) is 7.65. The molecule has 1 unspecified atom stereocenters. The molecular formula is C28H45ClN4O9P2. The van der Waals surface area contributed by atoms with Crippen molar-refractivity contribution in [2.45, 2.75) is 77.2 Å². The van der Waals surface area contributed by atoms with Gasteiger partial charge in [0.2, 0.25) is 5.91 Å². The number of hydrogen-bond donors (Lipinski definition) is 5. The maximum Gasteiger partial charge on any atom is 0.414 e. The van der Waals surface area contributed by atoms with E-state index in [0.29, 0.717) is 16.2 Å². The number of ether oxygens (including phenoxy) is 1. The maximum atomic E-state index is 13.4. The second-order valence-corrected chi connectivity index (χ2v) is 15.0. The molecule has 0 spiro atoms. The van der Waals surface area contributed by atoms with Crippen LogP contribution in [-0.2, 0) is 18.7 Å². The van der Waals surface area contributed by atoms with Crippen LogP contribution in [0.15, 0.2) is 30.5 Å². The highest BCUT2D eigenvalue weighted by molar-refractivity contribution is 7.70. The number of nitrogens with one attached hydrogen (secondary N) is 1. The highest BCUT2D eigenvalue weighted by Gasteiger charge is 2.42. The highest BCUT2D eigenvalue weighted by Crippen LogP contribution is 2.61. The van der Waals surface area contributed by atoms with Crippen LogP contribution >= 0.6 is 26.8 Å². The molecule has 0 saturated heterocycles. The summed E-state index contributed by atoms with van der Waals surface area (Å²) in [5.41, 5.74) is 1.31. The van der Waals surface area contributed by atoms with Crippen molar-refractivity contribution in [3.63, 3.8) is 0 Å². The Morgan fingerprint density at radius 1 is 1.00 bits per heavy atom. The Bertz CT molecular complexity index is 1300. The molecule has 2 amide bonds. The Balaban J connectivity index is 1.92. The van der Waals surface area contributed by atoms with Gasteiger partial charge in [-0.05, 0) is 82.9 Å². The summed E-state index contributed by atoms with van der Waals surface area (Å²) in [6.07, 6.45) is 3.10. The predicted octanol–water partition coefficient (Wildman–Crippen LogP) is 5.09. The molecule has 1 heterocycles. The average molecular weight is 679 g/mol. The van der Waals surface area contributed by atoms with Gasteiger partial charge in [-0.1, -0.05) is 31.9 Å². The van der Waals surface area contributed by atoms with Crippen molar-refractivity contribution in [2.24, 2.45) is 0 Å². The summed E-state index contributed by atoms with van der Waals surface area (Å²) in [6, 6.07) is 6.90. The van der Waals surface area contributed by atoms with Crippen molar-refractivity contribution in [2.75, 3.05) is 37.7 Å². The van der Waals surface area contributed by atoms with E-state index in [1.807, 2.05) is 13.0 Å². The van der Waals surface area contributed by atoms with Crippen LogP contribution in [-0.4, -0.2) is 85.7 Å². The number of carbonyl (C=O) groups excluding carboxylic acids is 2. The van der Waals surface area contributed by atoms with Gasteiger partial charge in [-0.25, -0.2) is 4.79 Å². The number of carbonyl (C=O) groups is 2. The topological polar surface area (TPSA) is 190 Å². The van der Waals surface area contributed by atoms with Crippen LogP contribution in [0.3, 0.4) is 0 Å². The molecule has 16 heteroatoms. The maximum absolute atomic E-state index is 13.4. The van der Waals surface area contributed by atoms with Crippen LogP contribution in [0, 0.1) is 0 Å². The summed E-state index contributed by atoms with van der Waals surface area (Å²) in [4.78, 5) is 70.7. The van der Waals surface area contributed by atoms with Crippen molar-refractivity contribution in [1.82, 2.24) is 15.2 Å². The third-order valence-electron chi connectivity index (χ3n) is 7.33. The summed E-state index contributed by atoms with van der Waals surface area (Å²) in [7, 11) is -9.92. The minimum absolute atomic E-state index is 0.00994. The predicted molar refractivity (Wildman–Crippen MR) is 171 cm³/mol. The third kappa shape index (κ3) is 12.4. The summed E-state index contributed by atoms with van der Waals surface area (Å²) in [5, 5.41) is 1.90. The zero-order valence-electron chi connectivity index (χ0n) is 25.5. The number of anilines is 1. The second-order valence-electron chi connectivity index (χ2n) is 10.6. The van der Waals surface area contributed by atoms with E-state index in [0.717, 1.165) is 37.9 Å². The molecule has 0 fully saturated rings. The van der Waals surface area contributed by atoms with Gasteiger partial charge >= 0.3 is 21.3 Å². The van der Waals surface area contributed by atoms with Gasteiger partial charge < -0.3 is 34.5 Å². The van der Waals surface area contributed by atoms with Crippen molar-refractivity contribution >= 4 is 55.4 Å². The summed E-state index contributed by atoms with van der Waals surface area (Å²) >= 11 is 6.16. The van der Waals surface area contributed by atoms with E-state index in [2.05, 4.69) is 29.0 Å². The van der Waals surface area contributed by atoms with E-state index < -0.39 is 26.7 Å². The number of aromatic nitrogens is 1. The molecule has 1 aromatic carbocycles. The first kappa shape index (κ1) is 38.1. The zero-order chi connectivity index (χ0) is 32.9. The number of benzene rings is 1. The van der Waals surface area contributed by atoms with Crippen LogP contribution in [0.2, 0.25) is 5.02 Å². The third-order valence-corrected chi connectivity index (χ3v) is 11.4. The SMILES string of the molecule is CCN(CC)CCCC(C)N(C(=O)OCCCC(=O)NCCCCC(P(=O)(O)O)P(=O)(O)O)c1ccnc2cc(Cl)ccc12. The van der Waals surface area contributed by atoms with Crippen molar-refractivity contribution < 1.29 is 43.0 Å². The van der Waals surface area contributed by atoms with E-state index >= 15 is 0 Å². The van der Waals surface area contributed by atoms with Crippen molar-refractivity contribution in [3.8, 4) is 0 Å². The normalized spacial score (nSPS) is 13.0. The van der Waals surface area contributed by atoms with Crippen LogP contribution in [0.1, 0.15) is 65.7 Å². The highest BCUT2D eigenvalue weighted by atomic mass is 35.5. The van der Waals surface area contributed by atoms with Crippen molar-refractivity contribution in [3.05, 3.63) is 35.5 Å². The van der Waals surface area contributed by atoms with Crippen LogP contribution < -0.4 is 10.2 Å². The molecule has 0 aliphatic rings. The van der Waals surface area contributed by atoms with Gasteiger partial charge in [0.15, 0.2) is 5.40 Å². The Kier molecular flexibility index (Phi) is 15.7. The summed E-state index contributed by atoms with van der Waals surface area (Å²) in [6.45, 7) is 9.20. The number of nitrogens with zero attached hydrogens (tertiary/aromatic N) is 3. The molecule has 0 aliphatic heterocycles. The number of hydrogen-bond acceptors (Lipinski definition) is 7. The van der Waals surface area contributed by atoms with Gasteiger partial charge in [0.05, 0.1) is 17.8 Å². The largest absolute Gasteiger partial charge is 0.449 e. The lowest BCUT2D eigenvalue weighted by atomic mass is 10.1. The zero-order valence-corrected chi connectivity index (χ0v) is 28.0. The molecule has 0 aliphatic carbocycles. The van der Waals surface area contributed by atoms with Gasteiger partial charge in [-0.2, -0.15) is 0 Å². The number of rotatable bonds is 19. The van der Waals surface area contributed by atoms with Gasteiger partial charge in [0, 0.05) is 35.6 Å². The molecule has 0 radical (unpaired) electrons. The number of fused-ring (bicyclic) bond motifs is 1. The van der Waals surface area contributed by atoms with E-state index in [-0.39, 0.29) is 57.2 Å². The quantitative estimate of drug-likeness (QED) is 0.0983. The molecule has 2 aromatic rings. The lowest BCUT2D eigenvalue weighted by Crippen LogP contribution is -2.40. The minimum Gasteiger partial charge on any atom is -0.449 e. The molecule has 1 aromatic heterocycles. The van der Waals surface area contributed by atoms with Gasteiger partial charge in [0.25, 0.3) is 0 Å². The lowest BCUT2D eigenvalue weighted by molar-refractivity contribution is -0.121. The molecular weight excluding hydrogens is 634 g/mol. The molecule has 0 saturated carbocycles. The smallest absolute Gasteiger partial charge is 0.414 e. The Labute approximate surface area is 263 Å². The number of amides is 2. The van der Waals surface area contributed by atoms with Gasteiger partial charge in [-0.3, -0.25) is 23.8 Å². The molecule has 1 atom stereocenters. The molecule has 5 N–H and O–H groups in total. The van der Waals surface area contributed by atoms with E-state index in [4.69, 9.17) is 16.3 Å². The first-order chi connectivity index (χ1) is 20.7. The second kappa shape index (κ2) is 18.2. The number of halogens is 1. The van der Waals surface area contributed by atoms with E-state index in [1.54, 1.807) is 29.3 Å². The Hall–Kier alpha value is -2.08. The monoisotopic (exact) mass is 678 g/mol. The fraction of sp³-hybridized carbons (Fsp3) is 0.607. The van der Waals surface area contributed by atoms with E-state index in [9.17, 15) is 38.3 Å². The van der Waals surface area contributed by atoms with Gasteiger partial charge in [0.1, 0.15) is 0 Å². The fourth-order valence-electron chi connectivity index (χ4n) is 4.87. The molecule has 2 rings (SSSR count). The summed E-state index contributed by atoms with van der Waals surface area (Å²) in [5.74, 6) is -0.304. The molecule has 0 bridgehead atoms. The summed E-state index contributed by atoms with van der Waals surface area (Å²) < 4.78 is 28.3. The van der Waals surface area contributed by atoms with E-state index in [1.165, 1.54) is 0 Å². The van der Waals surface area contributed by atoms with Crippen LogP contribution in [0.5, 0.6) is 0 Å². The molecule has 13 nitrogen and oxygen atoms in total. The van der Waals surface area contributed by atoms with Crippen LogP contribution in [0.4, 0.5) is 10.5 Å². The molecule has 248 valence electrons. The minimum atomic E-state index is -4.96. The van der Waals surface area contributed by atoms with Crippen molar-refractivity contribution in [1.29, 1.82) is 0 Å². The Morgan fingerprint density at radius 2 is 1.68 bits per heavy atom. The number of unbranched alkanes of at least 4 members (excludes halogenated alkanes) is 1. The first-order valence-corrected chi connectivity index (χ1v) is 18.5. The van der Waals surface area contributed by atoms with Gasteiger partial charge in [-0.15, -0.1) is 0 Å². The Morgan fingerprint density at radius 3 is 2.32 bits per heavy atom. The number of pyridine rings is 1. The standard InChI is InChI=1S/C28H45ClN4O9P2/c1-4-32(5-2)18-8-10-21(3)33(25-15-17-30-24-20-22(29)13-14-23(24)25)28(35)42-19-9-11-26(34)31-16-7-6-12-27(43(36,37)38)44(39,40)41/h13-15,17,20-21,27H,4-12,16,18-19H2,1-3H3,(H,31,34)(H2,36,37,38)(H2,39,40,41). The average Bonchev–Trinajstić information content (AvgIpc) is 2.94. The van der Waals surface area contributed by atoms with Crippen LogP contribution in [0.25, 0.3) is 10.9 Å². The molecule has 44 heavy (non-hydrogen) atoms. The lowest BCUT2D eigenvalue weighted by Gasteiger charge is -2.30. The first-order valence-electron chi connectivity index (χ1n) is 14.8.